The number of aromatic nitrogens is 4. The predicted molar refractivity (Wildman–Crippen MR) is 45.1 cm³/mol. The second-order valence-corrected chi connectivity index (χ2v) is 2.67. The van der Waals surface area contributed by atoms with E-state index in [4.69, 9.17) is 5.11 Å². The number of aliphatic hydroxyl groups excluding tert-OH is 1. The molecular weight excluding hydrogens is 172 g/mol. The summed E-state index contributed by atoms with van der Waals surface area (Å²) < 4.78 is 1.26. The highest BCUT2D eigenvalue weighted by Crippen LogP contribution is 2.04. The summed E-state index contributed by atoms with van der Waals surface area (Å²) in [5.74, 6) is 0.507. The van der Waals surface area contributed by atoms with E-state index in [2.05, 4.69) is 15.1 Å². The van der Waals surface area contributed by atoms with Crippen molar-refractivity contribution in [3.8, 4) is 0 Å². The van der Waals surface area contributed by atoms with Crippen LogP contribution in [-0.2, 0) is 6.73 Å². The zero-order valence-corrected chi connectivity index (χ0v) is 6.98. The lowest BCUT2D eigenvalue weighted by Gasteiger charge is -1.96. The van der Waals surface area contributed by atoms with E-state index in [1.807, 2.05) is 0 Å². The summed E-state index contributed by atoms with van der Waals surface area (Å²) >= 11 is 0. The van der Waals surface area contributed by atoms with Gasteiger partial charge in [-0.3, -0.25) is 4.79 Å². The van der Waals surface area contributed by atoms with E-state index in [1.165, 1.54) is 10.9 Å². The summed E-state index contributed by atoms with van der Waals surface area (Å²) in [5, 5.41) is 13.0. The van der Waals surface area contributed by atoms with Crippen LogP contribution < -0.4 is 5.56 Å². The molecule has 0 aliphatic rings. The Kier molecular flexibility index (Phi) is 1.63. The van der Waals surface area contributed by atoms with Crippen LogP contribution in [0.5, 0.6) is 0 Å². The topological polar surface area (TPSA) is 83.8 Å². The first-order chi connectivity index (χ1) is 6.22. The highest BCUT2D eigenvalue weighted by Gasteiger charge is 2.06. The van der Waals surface area contributed by atoms with Gasteiger partial charge in [-0.15, -0.1) is 0 Å². The summed E-state index contributed by atoms with van der Waals surface area (Å²) in [7, 11) is 0. The monoisotopic (exact) mass is 180 g/mol. The van der Waals surface area contributed by atoms with Crippen LogP contribution in [0.1, 0.15) is 5.82 Å². The van der Waals surface area contributed by atoms with Crippen LogP contribution in [0.25, 0.3) is 11.0 Å². The maximum absolute atomic E-state index is 11.3. The van der Waals surface area contributed by atoms with E-state index in [1.54, 1.807) is 6.92 Å². The van der Waals surface area contributed by atoms with Crippen molar-refractivity contribution in [3.05, 3.63) is 22.4 Å². The van der Waals surface area contributed by atoms with Crippen molar-refractivity contribution in [1.82, 2.24) is 19.7 Å². The van der Waals surface area contributed by atoms with Gasteiger partial charge in [-0.05, 0) is 6.92 Å². The number of rotatable bonds is 1. The number of aliphatic hydroxyl groups is 1. The van der Waals surface area contributed by atoms with Crippen molar-refractivity contribution in [2.75, 3.05) is 0 Å². The van der Waals surface area contributed by atoms with Crippen LogP contribution in [0, 0.1) is 6.92 Å². The molecule has 0 bridgehead atoms. The molecule has 6 heteroatoms. The van der Waals surface area contributed by atoms with Crippen molar-refractivity contribution in [3.63, 3.8) is 0 Å². The Morgan fingerprint density at radius 2 is 2.46 bits per heavy atom. The van der Waals surface area contributed by atoms with Gasteiger partial charge < -0.3 is 10.1 Å². The molecule has 0 atom stereocenters. The maximum atomic E-state index is 11.3. The molecule has 6 nitrogen and oxygen atoms in total. The van der Waals surface area contributed by atoms with E-state index in [9.17, 15) is 4.79 Å². The average molecular weight is 180 g/mol. The van der Waals surface area contributed by atoms with Crippen molar-refractivity contribution >= 4 is 11.0 Å². The third kappa shape index (κ3) is 1.11. The molecule has 0 aromatic carbocycles. The molecule has 0 amide bonds. The van der Waals surface area contributed by atoms with Crippen LogP contribution in [0.3, 0.4) is 0 Å². The molecule has 0 aliphatic heterocycles. The second-order valence-electron chi connectivity index (χ2n) is 2.67. The summed E-state index contributed by atoms with van der Waals surface area (Å²) in [6.45, 7) is 1.40. The molecule has 2 rings (SSSR count). The molecule has 0 saturated heterocycles. The van der Waals surface area contributed by atoms with Gasteiger partial charge >= 0.3 is 0 Å². The zero-order valence-electron chi connectivity index (χ0n) is 6.98. The first-order valence-corrected chi connectivity index (χ1v) is 3.75. The Hall–Kier alpha value is -1.69. The van der Waals surface area contributed by atoms with E-state index in [-0.39, 0.29) is 12.3 Å². The molecule has 2 aromatic rings. The fourth-order valence-electron chi connectivity index (χ4n) is 1.18. The Morgan fingerprint density at radius 1 is 1.69 bits per heavy atom. The Labute approximate surface area is 72.8 Å². The minimum Gasteiger partial charge on any atom is -0.374 e. The van der Waals surface area contributed by atoms with Gasteiger partial charge in [0.2, 0.25) is 0 Å². The summed E-state index contributed by atoms with van der Waals surface area (Å²) in [4.78, 5) is 17.9. The van der Waals surface area contributed by atoms with Gasteiger partial charge in [0, 0.05) is 0 Å². The number of nitrogens with one attached hydrogen (secondary N) is 1. The molecule has 68 valence electrons. The SMILES string of the molecule is Cc1nc2c(cnn2CO)c(=O)[nH]1. The van der Waals surface area contributed by atoms with Gasteiger partial charge in [0.05, 0.1) is 6.20 Å². The third-order valence-corrected chi connectivity index (χ3v) is 1.76. The van der Waals surface area contributed by atoms with Crippen molar-refractivity contribution in [2.24, 2.45) is 0 Å². The molecule has 2 aromatic heterocycles. The van der Waals surface area contributed by atoms with Crippen LogP contribution >= 0.6 is 0 Å². The fourth-order valence-corrected chi connectivity index (χ4v) is 1.18. The van der Waals surface area contributed by atoms with Crippen LogP contribution in [0.4, 0.5) is 0 Å². The minimum atomic E-state index is -0.278. The van der Waals surface area contributed by atoms with E-state index in [0.29, 0.717) is 16.9 Å². The van der Waals surface area contributed by atoms with Crippen LogP contribution in [-0.4, -0.2) is 24.9 Å². The van der Waals surface area contributed by atoms with Crippen molar-refractivity contribution in [2.45, 2.75) is 13.7 Å². The highest BCUT2D eigenvalue weighted by atomic mass is 16.3. The number of hydrogen-bond donors (Lipinski definition) is 2. The molecular formula is C7H8N4O2. The highest BCUT2D eigenvalue weighted by molar-refractivity contribution is 5.72. The molecule has 0 spiro atoms. The normalized spacial score (nSPS) is 10.9. The smallest absolute Gasteiger partial charge is 0.262 e. The molecule has 0 unspecified atom stereocenters. The first-order valence-electron chi connectivity index (χ1n) is 3.75. The molecule has 0 saturated carbocycles. The lowest BCUT2D eigenvalue weighted by Crippen LogP contribution is -2.10. The van der Waals surface area contributed by atoms with Gasteiger partial charge in [0.15, 0.2) is 5.65 Å². The average Bonchev–Trinajstić information content (AvgIpc) is 2.47. The Morgan fingerprint density at radius 3 is 3.15 bits per heavy atom. The quantitative estimate of drug-likeness (QED) is 0.612. The van der Waals surface area contributed by atoms with Gasteiger partial charge in [0.1, 0.15) is 17.9 Å². The predicted octanol–water partition coefficient (Wildman–Crippen LogP) is -0.622. The van der Waals surface area contributed by atoms with E-state index in [0.717, 1.165) is 0 Å². The molecule has 2 heterocycles. The number of fused-ring (bicyclic) bond motifs is 1. The van der Waals surface area contributed by atoms with Gasteiger partial charge in [-0.2, -0.15) is 5.10 Å². The summed E-state index contributed by atoms with van der Waals surface area (Å²) in [6.07, 6.45) is 1.39. The molecule has 13 heavy (non-hydrogen) atoms. The van der Waals surface area contributed by atoms with Crippen LogP contribution in [0.15, 0.2) is 11.0 Å². The fraction of sp³-hybridized carbons (Fsp3) is 0.286. The lowest BCUT2D eigenvalue weighted by molar-refractivity contribution is 0.199. The largest absolute Gasteiger partial charge is 0.374 e. The summed E-state index contributed by atoms with van der Waals surface area (Å²) in [5.41, 5.74) is 0.172. The second kappa shape index (κ2) is 2.67. The van der Waals surface area contributed by atoms with Gasteiger partial charge in [-0.1, -0.05) is 0 Å². The number of H-pyrrole nitrogens is 1. The van der Waals surface area contributed by atoms with E-state index < -0.39 is 0 Å². The van der Waals surface area contributed by atoms with Gasteiger partial charge in [-0.25, -0.2) is 9.67 Å². The van der Waals surface area contributed by atoms with Crippen molar-refractivity contribution < 1.29 is 5.11 Å². The molecule has 0 radical (unpaired) electrons. The third-order valence-electron chi connectivity index (χ3n) is 1.76. The van der Waals surface area contributed by atoms with Crippen molar-refractivity contribution in [1.29, 1.82) is 0 Å². The first kappa shape index (κ1) is 7.93. The molecule has 2 N–H and O–H groups in total. The molecule has 0 aliphatic carbocycles. The zero-order chi connectivity index (χ0) is 9.42. The number of hydrogen-bond acceptors (Lipinski definition) is 4. The summed E-state index contributed by atoms with van der Waals surface area (Å²) in [6, 6.07) is 0. The maximum Gasteiger partial charge on any atom is 0.262 e. The lowest BCUT2D eigenvalue weighted by atomic mass is 10.4. The molecule has 0 fully saturated rings. The van der Waals surface area contributed by atoms with Crippen LogP contribution in [0.2, 0.25) is 0 Å². The van der Waals surface area contributed by atoms with E-state index >= 15 is 0 Å². The number of nitrogens with zero attached hydrogens (tertiary/aromatic N) is 3. The number of aromatic amines is 1. The van der Waals surface area contributed by atoms with Gasteiger partial charge in [0.25, 0.3) is 5.56 Å². The Bertz CT molecular complexity index is 499. The minimum absolute atomic E-state index is 0.234. The Balaban J connectivity index is 2.90. The standard InChI is InChI=1S/C7H8N4O2/c1-4-9-6-5(7(13)10-4)2-8-11(6)3-12/h2,12H,3H2,1H3,(H,9,10,13). The number of aryl methyl sites for hydroxylation is 1.